The third kappa shape index (κ3) is 15.3. The second-order valence-corrected chi connectivity index (χ2v) is 17.7. The van der Waals surface area contributed by atoms with Crippen LogP contribution in [-0.4, -0.2) is 10.2 Å². The summed E-state index contributed by atoms with van der Waals surface area (Å²) in [5.41, 5.74) is 7.52. The number of hydrogen-bond acceptors (Lipinski definition) is 3. The van der Waals surface area contributed by atoms with Crippen molar-refractivity contribution in [2.75, 3.05) is 0 Å². The maximum absolute atomic E-state index is 11.6. The van der Waals surface area contributed by atoms with E-state index in [9.17, 15) is 10.2 Å². The topological polar surface area (TPSA) is 40.5 Å². The van der Waals surface area contributed by atoms with Gasteiger partial charge in [0.05, 0.1) is 0 Å². The van der Waals surface area contributed by atoms with Crippen LogP contribution in [0.15, 0.2) is 24.3 Å². The maximum atomic E-state index is 11.6. The Labute approximate surface area is 319 Å². The molecular formula is C48H78O2S. The molecule has 2 fully saturated rings. The molecule has 2 saturated carbocycles. The van der Waals surface area contributed by atoms with Crippen LogP contribution in [0.1, 0.15) is 239 Å². The summed E-state index contributed by atoms with van der Waals surface area (Å²) in [7, 11) is 0. The molecule has 2 aromatic carbocycles. The summed E-state index contributed by atoms with van der Waals surface area (Å²) < 4.78 is 0. The lowest BCUT2D eigenvalue weighted by atomic mass is 9.91. The molecule has 0 aliphatic heterocycles. The summed E-state index contributed by atoms with van der Waals surface area (Å²) in [6.45, 7) is 4.59. The zero-order valence-electron chi connectivity index (χ0n) is 33.4. The lowest BCUT2D eigenvalue weighted by Crippen LogP contribution is -2.01. The molecule has 3 heteroatoms. The molecule has 0 bridgehead atoms. The van der Waals surface area contributed by atoms with Crippen molar-refractivity contribution in [3.63, 3.8) is 0 Å². The van der Waals surface area contributed by atoms with E-state index in [1.54, 1.807) is 0 Å². The Kier molecular flexibility index (Phi) is 21.0. The SMILES string of the molecule is CCCCCCCCCCCCc1cc(CSCc2cc(CCCCCCCCCCCC)cc(C3CCCC3)c2O)c(O)c(C2CCCC2)c1. The van der Waals surface area contributed by atoms with Crippen LogP contribution in [0.25, 0.3) is 0 Å². The van der Waals surface area contributed by atoms with Crippen molar-refractivity contribution < 1.29 is 10.2 Å². The number of unbranched alkanes of at least 4 members (excludes halogenated alkanes) is 18. The van der Waals surface area contributed by atoms with Gasteiger partial charge >= 0.3 is 0 Å². The Morgan fingerprint density at radius 3 is 1.10 bits per heavy atom. The number of phenols is 2. The number of aromatic hydroxyl groups is 2. The van der Waals surface area contributed by atoms with Gasteiger partial charge in [-0.2, -0.15) is 11.8 Å². The number of benzene rings is 2. The predicted molar refractivity (Wildman–Crippen MR) is 225 cm³/mol. The Hall–Kier alpha value is -1.61. The summed E-state index contributed by atoms with van der Waals surface area (Å²) >= 11 is 1.88. The van der Waals surface area contributed by atoms with Crippen molar-refractivity contribution in [2.24, 2.45) is 0 Å². The number of thioether (sulfide) groups is 1. The van der Waals surface area contributed by atoms with Gasteiger partial charge in [-0.3, -0.25) is 0 Å². The van der Waals surface area contributed by atoms with Crippen molar-refractivity contribution >= 4 is 11.8 Å². The van der Waals surface area contributed by atoms with E-state index in [0.717, 1.165) is 35.5 Å². The number of rotatable bonds is 28. The van der Waals surface area contributed by atoms with Gasteiger partial charge in [0.15, 0.2) is 0 Å². The molecule has 4 rings (SSSR count). The van der Waals surface area contributed by atoms with Gasteiger partial charge in [0.25, 0.3) is 0 Å². The summed E-state index contributed by atoms with van der Waals surface area (Å²) in [6.07, 6.45) is 39.6. The first kappa shape index (κ1) is 42.1. The van der Waals surface area contributed by atoms with Crippen LogP contribution in [0.3, 0.4) is 0 Å². The fourth-order valence-electron chi connectivity index (χ4n) is 9.08. The minimum atomic E-state index is 0.516. The Morgan fingerprint density at radius 2 is 0.765 bits per heavy atom. The molecule has 0 spiro atoms. The quantitative estimate of drug-likeness (QED) is 0.0861. The molecule has 0 radical (unpaired) electrons. The first-order valence-electron chi connectivity index (χ1n) is 22.4. The smallest absolute Gasteiger partial charge is 0.123 e. The van der Waals surface area contributed by atoms with Crippen molar-refractivity contribution in [3.05, 3.63) is 57.6 Å². The molecule has 51 heavy (non-hydrogen) atoms. The zero-order chi connectivity index (χ0) is 35.9. The van der Waals surface area contributed by atoms with Crippen molar-refractivity contribution in [2.45, 2.75) is 230 Å². The Morgan fingerprint density at radius 1 is 0.451 bits per heavy atom. The van der Waals surface area contributed by atoms with E-state index in [0.29, 0.717) is 23.3 Å². The largest absolute Gasteiger partial charge is 0.507 e. The van der Waals surface area contributed by atoms with Crippen LogP contribution in [0.5, 0.6) is 11.5 Å². The third-order valence-corrected chi connectivity index (χ3v) is 13.3. The predicted octanol–water partition coefficient (Wildman–Crippen LogP) is 15.8. The summed E-state index contributed by atoms with van der Waals surface area (Å²) in [5, 5.41) is 23.1. The highest BCUT2D eigenvalue weighted by Gasteiger charge is 2.24. The average molecular weight is 719 g/mol. The van der Waals surface area contributed by atoms with Gasteiger partial charge in [-0.05, 0) is 85.5 Å². The molecule has 2 aliphatic carbocycles. The van der Waals surface area contributed by atoms with E-state index < -0.39 is 0 Å². The Bertz CT molecular complexity index is 1110. The van der Waals surface area contributed by atoms with Crippen LogP contribution in [0.2, 0.25) is 0 Å². The zero-order valence-corrected chi connectivity index (χ0v) is 34.2. The molecular weight excluding hydrogens is 641 g/mol. The van der Waals surface area contributed by atoms with Crippen LogP contribution >= 0.6 is 11.8 Å². The molecule has 2 aliphatic rings. The molecule has 0 atom stereocenters. The van der Waals surface area contributed by atoms with E-state index in [4.69, 9.17) is 0 Å². The fraction of sp³-hybridized carbons (Fsp3) is 0.750. The molecule has 2 N–H and O–H groups in total. The molecule has 2 nitrogen and oxygen atoms in total. The molecule has 0 saturated heterocycles. The molecule has 0 heterocycles. The lowest BCUT2D eigenvalue weighted by Gasteiger charge is -2.19. The van der Waals surface area contributed by atoms with Gasteiger partial charge in [0.1, 0.15) is 11.5 Å². The van der Waals surface area contributed by atoms with E-state index in [1.165, 1.54) is 202 Å². The number of aryl methyl sites for hydroxylation is 2. The van der Waals surface area contributed by atoms with Crippen LogP contribution in [0.4, 0.5) is 0 Å². The van der Waals surface area contributed by atoms with E-state index in [2.05, 4.69) is 38.1 Å². The van der Waals surface area contributed by atoms with Gasteiger partial charge in [0, 0.05) is 22.6 Å². The molecule has 0 unspecified atom stereocenters. The number of phenolic OH excluding ortho intramolecular Hbond substituents is 2. The number of hydrogen-bond donors (Lipinski definition) is 2. The summed E-state index contributed by atoms with van der Waals surface area (Å²) in [5.74, 6) is 3.76. The minimum absolute atomic E-state index is 0.516. The van der Waals surface area contributed by atoms with Gasteiger partial charge in [-0.25, -0.2) is 0 Å². The van der Waals surface area contributed by atoms with E-state index in [1.807, 2.05) is 11.8 Å². The average Bonchev–Trinajstić information content (AvgIpc) is 3.88. The second kappa shape index (κ2) is 25.4. The van der Waals surface area contributed by atoms with Crippen LogP contribution in [-0.2, 0) is 24.3 Å². The fourth-order valence-corrected chi connectivity index (χ4v) is 10.1. The normalized spacial score (nSPS) is 15.4. The third-order valence-electron chi connectivity index (χ3n) is 12.3. The van der Waals surface area contributed by atoms with Gasteiger partial charge < -0.3 is 10.2 Å². The van der Waals surface area contributed by atoms with Crippen molar-refractivity contribution in [3.8, 4) is 11.5 Å². The highest BCUT2D eigenvalue weighted by Crippen LogP contribution is 2.44. The molecule has 288 valence electrons. The van der Waals surface area contributed by atoms with Crippen LogP contribution < -0.4 is 0 Å². The van der Waals surface area contributed by atoms with E-state index in [-0.39, 0.29) is 0 Å². The van der Waals surface area contributed by atoms with Gasteiger partial charge in [0.2, 0.25) is 0 Å². The van der Waals surface area contributed by atoms with Crippen molar-refractivity contribution in [1.29, 1.82) is 0 Å². The van der Waals surface area contributed by atoms with Gasteiger partial charge in [-0.1, -0.05) is 179 Å². The minimum Gasteiger partial charge on any atom is -0.507 e. The van der Waals surface area contributed by atoms with E-state index >= 15 is 0 Å². The summed E-state index contributed by atoms with van der Waals surface area (Å²) in [6, 6.07) is 9.37. The standard InChI is InChI=1S/C48H78O2S/c1-3-5-7-9-11-13-15-17-19-21-27-39-33-43(47(49)45(35-39)41-29-23-24-30-41)37-51-38-44-34-40(36-46(48(44)50)42-31-25-26-32-42)28-22-20-18-16-14-12-10-8-6-4-2/h33-36,41-42,49-50H,3-32,37-38H2,1-2H3. The second-order valence-electron chi connectivity index (χ2n) is 16.7. The summed E-state index contributed by atoms with van der Waals surface area (Å²) in [4.78, 5) is 0. The molecule has 0 aromatic heterocycles. The van der Waals surface area contributed by atoms with Gasteiger partial charge in [-0.15, -0.1) is 0 Å². The van der Waals surface area contributed by atoms with Crippen molar-refractivity contribution in [1.82, 2.24) is 0 Å². The maximum Gasteiger partial charge on any atom is 0.123 e. The first-order chi connectivity index (χ1) is 25.1. The first-order valence-corrected chi connectivity index (χ1v) is 23.5. The Balaban J connectivity index is 1.31. The lowest BCUT2D eigenvalue weighted by molar-refractivity contribution is 0.455. The monoisotopic (exact) mass is 719 g/mol. The molecule has 0 amide bonds. The molecule has 2 aromatic rings. The highest BCUT2D eigenvalue weighted by atomic mass is 32.2. The van der Waals surface area contributed by atoms with Crippen LogP contribution in [0, 0.1) is 0 Å². The highest BCUT2D eigenvalue weighted by molar-refractivity contribution is 7.97.